The van der Waals surface area contributed by atoms with Crippen LogP contribution < -0.4 is 0 Å². The van der Waals surface area contributed by atoms with Crippen molar-refractivity contribution in [3.8, 4) is 11.3 Å². The molecule has 3 rings (SSSR count). The fourth-order valence-corrected chi connectivity index (χ4v) is 3.02. The molecular weight excluding hydrogens is 244 g/mol. The summed E-state index contributed by atoms with van der Waals surface area (Å²) in [6.07, 6.45) is 0.631. The number of rotatable bonds is 3. The molecule has 2 heterocycles. The van der Waals surface area contributed by atoms with Crippen LogP contribution in [0.1, 0.15) is 10.7 Å². The van der Waals surface area contributed by atoms with Gasteiger partial charge in [0, 0.05) is 40.6 Å². The monoisotopic (exact) mass is 258 g/mol. The molecule has 0 unspecified atom stereocenters. The van der Waals surface area contributed by atoms with Gasteiger partial charge in [0.05, 0.1) is 10.7 Å². The number of aromatic nitrogens is 2. The average Bonchev–Trinajstić information content (AvgIpc) is 2.92. The molecule has 0 radical (unpaired) electrons. The molecular formula is C14H14N2OS. The van der Waals surface area contributed by atoms with Gasteiger partial charge in [-0.05, 0) is 13.0 Å². The lowest BCUT2D eigenvalue weighted by Crippen LogP contribution is -1.89. The van der Waals surface area contributed by atoms with Crippen molar-refractivity contribution < 1.29 is 5.11 Å². The van der Waals surface area contributed by atoms with Crippen molar-refractivity contribution in [2.24, 2.45) is 0 Å². The van der Waals surface area contributed by atoms with Crippen molar-refractivity contribution in [3.63, 3.8) is 0 Å². The van der Waals surface area contributed by atoms with Crippen LogP contribution in [0.15, 0.2) is 29.6 Å². The van der Waals surface area contributed by atoms with E-state index < -0.39 is 0 Å². The van der Waals surface area contributed by atoms with Crippen molar-refractivity contribution in [2.45, 2.75) is 13.3 Å². The molecule has 0 saturated carbocycles. The molecule has 0 aliphatic rings. The molecule has 3 aromatic rings. The molecule has 0 fully saturated rings. The molecule has 0 bridgehead atoms. The van der Waals surface area contributed by atoms with Crippen LogP contribution in [-0.2, 0) is 6.42 Å². The lowest BCUT2D eigenvalue weighted by molar-refractivity contribution is 0.299. The maximum atomic E-state index is 8.95. The van der Waals surface area contributed by atoms with E-state index in [9.17, 15) is 0 Å². The van der Waals surface area contributed by atoms with E-state index in [1.165, 1.54) is 10.9 Å². The van der Waals surface area contributed by atoms with E-state index in [-0.39, 0.29) is 6.61 Å². The highest BCUT2D eigenvalue weighted by molar-refractivity contribution is 7.10. The largest absolute Gasteiger partial charge is 0.396 e. The number of aryl methyl sites for hydroxylation is 1. The number of thiazole rings is 1. The summed E-state index contributed by atoms with van der Waals surface area (Å²) >= 11 is 1.60. The summed E-state index contributed by atoms with van der Waals surface area (Å²) in [5, 5.41) is 13.2. The summed E-state index contributed by atoms with van der Waals surface area (Å²) in [4.78, 5) is 7.97. The third-order valence-electron chi connectivity index (χ3n) is 3.03. The predicted molar refractivity (Wildman–Crippen MR) is 74.9 cm³/mol. The molecule has 0 atom stereocenters. The molecule has 0 aliphatic carbocycles. The van der Waals surface area contributed by atoms with Crippen LogP contribution in [0.25, 0.3) is 22.2 Å². The molecule has 18 heavy (non-hydrogen) atoms. The van der Waals surface area contributed by atoms with E-state index in [0.29, 0.717) is 6.42 Å². The number of benzene rings is 1. The maximum absolute atomic E-state index is 8.95. The van der Waals surface area contributed by atoms with Crippen LogP contribution in [0.5, 0.6) is 0 Å². The summed E-state index contributed by atoms with van der Waals surface area (Å²) in [5.41, 5.74) is 4.45. The molecule has 0 aliphatic heterocycles. The minimum absolute atomic E-state index is 0.153. The van der Waals surface area contributed by atoms with E-state index in [1.807, 2.05) is 12.1 Å². The Kier molecular flexibility index (Phi) is 2.89. The van der Waals surface area contributed by atoms with Crippen LogP contribution >= 0.6 is 11.3 Å². The first kappa shape index (κ1) is 11.4. The first-order valence-corrected chi connectivity index (χ1v) is 6.80. The number of fused-ring (bicyclic) bond motifs is 1. The van der Waals surface area contributed by atoms with Crippen molar-refractivity contribution in [3.05, 3.63) is 40.3 Å². The quantitative estimate of drug-likeness (QED) is 0.758. The van der Waals surface area contributed by atoms with E-state index in [0.717, 1.165) is 21.9 Å². The third kappa shape index (κ3) is 1.83. The first-order chi connectivity index (χ1) is 8.79. The van der Waals surface area contributed by atoms with Crippen LogP contribution in [0.4, 0.5) is 0 Å². The maximum Gasteiger partial charge on any atom is 0.0955 e. The second kappa shape index (κ2) is 4.55. The number of nitrogens with zero attached hydrogens (tertiary/aromatic N) is 1. The second-order valence-electron chi connectivity index (χ2n) is 4.27. The Morgan fingerprint density at radius 2 is 2.17 bits per heavy atom. The topological polar surface area (TPSA) is 48.9 Å². The summed E-state index contributed by atoms with van der Waals surface area (Å²) < 4.78 is 0. The van der Waals surface area contributed by atoms with Crippen molar-refractivity contribution >= 4 is 22.2 Å². The van der Waals surface area contributed by atoms with E-state index >= 15 is 0 Å². The van der Waals surface area contributed by atoms with Crippen molar-refractivity contribution in [1.29, 1.82) is 0 Å². The van der Waals surface area contributed by atoms with Gasteiger partial charge < -0.3 is 10.1 Å². The lowest BCUT2D eigenvalue weighted by atomic mass is 10.1. The van der Waals surface area contributed by atoms with Crippen LogP contribution in [0.3, 0.4) is 0 Å². The zero-order chi connectivity index (χ0) is 12.5. The number of aliphatic hydroxyl groups is 1. The third-order valence-corrected chi connectivity index (χ3v) is 3.94. The van der Waals surface area contributed by atoms with Gasteiger partial charge in [0.2, 0.25) is 0 Å². The predicted octanol–water partition coefficient (Wildman–Crippen LogP) is 3.13. The normalized spacial score (nSPS) is 11.2. The van der Waals surface area contributed by atoms with Gasteiger partial charge in [0.1, 0.15) is 0 Å². The number of H-pyrrole nitrogens is 1. The molecule has 1 aromatic carbocycles. The minimum atomic E-state index is 0.153. The van der Waals surface area contributed by atoms with Gasteiger partial charge in [0.25, 0.3) is 0 Å². The Morgan fingerprint density at radius 3 is 3.00 bits per heavy atom. The van der Waals surface area contributed by atoms with Crippen molar-refractivity contribution in [2.75, 3.05) is 6.61 Å². The zero-order valence-corrected chi connectivity index (χ0v) is 10.9. The number of hydrogen-bond donors (Lipinski definition) is 2. The highest BCUT2D eigenvalue weighted by Crippen LogP contribution is 2.32. The van der Waals surface area contributed by atoms with Crippen molar-refractivity contribution in [1.82, 2.24) is 9.97 Å². The standard InChI is InChI=1S/C14H14N2OS/c1-9-14(10-4-2-3-5-11(10)15-9)12-8-18-13(16-12)6-7-17/h2-5,8,15,17H,6-7H2,1H3. The molecule has 3 nitrogen and oxygen atoms in total. The van der Waals surface area contributed by atoms with Crippen LogP contribution in [0, 0.1) is 6.92 Å². The summed E-state index contributed by atoms with van der Waals surface area (Å²) in [5.74, 6) is 0. The number of aromatic amines is 1. The Labute approximate surface area is 109 Å². The number of hydrogen-bond acceptors (Lipinski definition) is 3. The highest BCUT2D eigenvalue weighted by Gasteiger charge is 2.12. The van der Waals surface area contributed by atoms with E-state index in [1.54, 1.807) is 11.3 Å². The van der Waals surface area contributed by atoms with Gasteiger partial charge in [-0.2, -0.15) is 0 Å². The van der Waals surface area contributed by atoms with Crippen LogP contribution in [-0.4, -0.2) is 21.7 Å². The van der Waals surface area contributed by atoms with Gasteiger partial charge in [-0.3, -0.25) is 0 Å². The molecule has 0 amide bonds. The molecule has 0 saturated heterocycles. The summed E-state index contributed by atoms with van der Waals surface area (Å²) in [6, 6.07) is 8.26. The molecule has 4 heteroatoms. The number of nitrogens with one attached hydrogen (secondary N) is 1. The Balaban J connectivity index is 2.15. The van der Waals surface area contributed by atoms with Gasteiger partial charge in [-0.25, -0.2) is 4.98 Å². The fourth-order valence-electron chi connectivity index (χ4n) is 2.24. The van der Waals surface area contributed by atoms with Gasteiger partial charge in [0.15, 0.2) is 0 Å². The number of para-hydroxylation sites is 1. The molecule has 92 valence electrons. The fraction of sp³-hybridized carbons (Fsp3) is 0.214. The Hall–Kier alpha value is -1.65. The van der Waals surface area contributed by atoms with Gasteiger partial charge >= 0.3 is 0 Å². The SMILES string of the molecule is Cc1[nH]c2ccccc2c1-c1csc(CCO)n1. The molecule has 2 aromatic heterocycles. The first-order valence-electron chi connectivity index (χ1n) is 5.92. The van der Waals surface area contributed by atoms with Gasteiger partial charge in [-0.15, -0.1) is 11.3 Å². The highest BCUT2D eigenvalue weighted by atomic mass is 32.1. The smallest absolute Gasteiger partial charge is 0.0955 e. The molecule has 0 spiro atoms. The van der Waals surface area contributed by atoms with Gasteiger partial charge in [-0.1, -0.05) is 18.2 Å². The lowest BCUT2D eigenvalue weighted by Gasteiger charge is -1.96. The summed E-state index contributed by atoms with van der Waals surface area (Å²) in [7, 11) is 0. The number of aliphatic hydroxyl groups excluding tert-OH is 1. The zero-order valence-electron chi connectivity index (χ0n) is 10.1. The van der Waals surface area contributed by atoms with Crippen LogP contribution in [0.2, 0.25) is 0 Å². The summed E-state index contributed by atoms with van der Waals surface area (Å²) in [6.45, 7) is 2.22. The second-order valence-corrected chi connectivity index (χ2v) is 5.21. The molecule has 2 N–H and O–H groups in total. The Bertz CT molecular complexity index is 684. The van der Waals surface area contributed by atoms with E-state index in [2.05, 4.69) is 34.4 Å². The van der Waals surface area contributed by atoms with E-state index in [4.69, 9.17) is 5.11 Å². The Morgan fingerprint density at radius 1 is 1.33 bits per heavy atom. The average molecular weight is 258 g/mol. The minimum Gasteiger partial charge on any atom is -0.396 e.